The molecule has 0 atom stereocenters. The van der Waals surface area contributed by atoms with Crippen LogP contribution in [0.25, 0.3) is 11.3 Å². The van der Waals surface area contributed by atoms with Crippen molar-refractivity contribution < 1.29 is 13.2 Å². The lowest BCUT2D eigenvalue weighted by Crippen LogP contribution is -2.21. The first-order chi connectivity index (χ1) is 8.56. The molecule has 0 aliphatic heterocycles. The van der Waals surface area contributed by atoms with Crippen molar-refractivity contribution in [2.75, 3.05) is 0 Å². The van der Waals surface area contributed by atoms with Crippen molar-refractivity contribution in [3.8, 4) is 11.3 Å². The molecule has 18 heavy (non-hydrogen) atoms. The molecule has 1 heterocycles. The Morgan fingerprint density at radius 3 is 2.56 bits per heavy atom. The van der Waals surface area contributed by atoms with Crippen LogP contribution in [0.4, 0.5) is 8.78 Å². The van der Waals surface area contributed by atoms with Gasteiger partial charge in [-0.3, -0.25) is 0 Å². The zero-order valence-corrected chi connectivity index (χ0v) is 10.3. The van der Waals surface area contributed by atoms with E-state index < -0.39 is 11.6 Å². The summed E-state index contributed by atoms with van der Waals surface area (Å²) in [6.45, 7) is 4.69. The largest absolute Gasteiger partial charge is 0.460 e. The van der Waals surface area contributed by atoms with Gasteiger partial charge in [-0.2, -0.15) is 0 Å². The molecule has 2 rings (SSSR count). The molecule has 96 valence electrons. The molecule has 4 heteroatoms. The summed E-state index contributed by atoms with van der Waals surface area (Å²) in [5.41, 5.74) is 0.532. The summed E-state index contributed by atoms with van der Waals surface area (Å²) in [4.78, 5) is 0. The van der Waals surface area contributed by atoms with Crippen LogP contribution >= 0.6 is 0 Å². The smallest absolute Gasteiger partial charge is 0.159 e. The molecule has 0 aliphatic rings. The van der Waals surface area contributed by atoms with Crippen molar-refractivity contribution in [1.82, 2.24) is 5.32 Å². The van der Waals surface area contributed by atoms with Gasteiger partial charge in [0.2, 0.25) is 0 Å². The number of rotatable bonds is 4. The molecule has 0 unspecified atom stereocenters. The van der Waals surface area contributed by atoms with Crippen LogP contribution in [-0.4, -0.2) is 6.04 Å². The lowest BCUT2D eigenvalue weighted by atomic mass is 10.1. The van der Waals surface area contributed by atoms with Gasteiger partial charge < -0.3 is 9.73 Å². The summed E-state index contributed by atoms with van der Waals surface area (Å²) in [6, 6.07) is 7.67. The first kappa shape index (κ1) is 12.8. The second-order valence-electron chi connectivity index (χ2n) is 4.43. The lowest BCUT2D eigenvalue weighted by Gasteiger charge is -2.05. The second kappa shape index (κ2) is 5.31. The minimum atomic E-state index is -0.870. The molecule has 1 N–H and O–H groups in total. The molecule has 0 bridgehead atoms. The molecule has 0 radical (unpaired) electrons. The predicted octanol–water partition coefficient (Wildman–Crippen LogP) is 3.72. The standard InChI is InChI=1S/C14H15F2NO/c1-9(2)17-8-11-4-6-14(18-11)10-3-5-12(15)13(16)7-10/h3-7,9,17H,8H2,1-2H3. The maximum absolute atomic E-state index is 13.1. The number of furan rings is 1. The summed E-state index contributed by atoms with van der Waals surface area (Å²) in [7, 11) is 0. The van der Waals surface area contributed by atoms with Crippen LogP contribution in [0.2, 0.25) is 0 Å². The van der Waals surface area contributed by atoms with E-state index in [1.807, 2.05) is 19.9 Å². The van der Waals surface area contributed by atoms with E-state index >= 15 is 0 Å². The van der Waals surface area contributed by atoms with E-state index in [2.05, 4.69) is 5.32 Å². The van der Waals surface area contributed by atoms with Crippen molar-refractivity contribution in [2.45, 2.75) is 26.4 Å². The highest BCUT2D eigenvalue weighted by atomic mass is 19.2. The summed E-state index contributed by atoms with van der Waals surface area (Å²) in [5, 5.41) is 3.22. The third kappa shape index (κ3) is 2.96. The van der Waals surface area contributed by atoms with Gasteiger partial charge in [-0.05, 0) is 30.3 Å². The Bertz CT molecular complexity index is 534. The van der Waals surface area contributed by atoms with E-state index in [-0.39, 0.29) is 0 Å². The monoisotopic (exact) mass is 251 g/mol. The molecular weight excluding hydrogens is 236 g/mol. The van der Waals surface area contributed by atoms with E-state index in [0.29, 0.717) is 23.9 Å². The average Bonchev–Trinajstić information content (AvgIpc) is 2.79. The van der Waals surface area contributed by atoms with E-state index in [1.165, 1.54) is 6.07 Å². The van der Waals surface area contributed by atoms with Crippen molar-refractivity contribution in [3.05, 3.63) is 47.7 Å². The fourth-order valence-electron chi connectivity index (χ4n) is 1.58. The number of halogens is 2. The lowest BCUT2D eigenvalue weighted by molar-refractivity contribution is 0.472. The normalized spacial score (nSPS) is 11.2. The third-order valence-corrected chi connectivity index (χ3v) is 2.55. The summed E-state index contributed by atoms with van der Waals surface area (Å²) < 4.78 is 31.5. The highest BCUT2D eigenvalue weighted by Gasteiger charge is 2.08. The molecule has 2 aromatic rings. The van der Waals surface area contributed by atoms with Crippen LogP contribution < -0.4 is 5.32 Å². The minimum absolute atomic E-state index is 0.363. The molecule has 0 saturated carbocycles. The van der Waals surface area contributed by atoms with Crippen LogP contribution in [0.1, 0.15) is 19.6 Å². The van der Waals surface area contributed by atoms with Gasteiger partial charge in [0.15, 0.2) is 11.6 Å². The minimum Gasteiger partial charge on any atom is -0.460 e. The van der Waals surface area contributed by atoms with Crippen LogP contribution in [-0.2, 0) is 6.54 Å². The quantitative estimate of drug-likeness (QED) is 0.895. The highest BCUT2D eigenvalue weighted by molar-refractivity contribution is 5.57. The summed E-state index contributed by atoms with van der Waals surface area (Å²) in [5.74, 6) is -0.421. The van der Waals surface area contributed by atoms with Gasteiger partial charge in [-0.1, -0.05) is 13.8 Å². The molecule has 0 fully saturated rings. The van der Waals surface area contributed by atoms with Gasteiger partial charge in [0, 0.05) is 11.6 Å². The Hall–Kier alpha value is -1.68. The van der Waals surface area contributed by atoms with Crippen molar-refractivity contribution in [3.63, 3.8) is 0 Å². The topological polar surface area (TPSA) is 25.2 Å². The third-order valence-electron chi connectivity index (χ3n) is 2.55. The van der Waals surface area contributed by atoms with Gasteiger partial charge in [-0.15, -0.1) is 0 Å². The first-order valence-corrected chi connectivity index (χ1v) is 5.84. The van der Waals surface area contributed by atoms with Gasteiger partial charge in [0.25, 0.3) is 0 Å². The number of benzene rings is 1. The fourth-order valence-corrected chi connectivity index (χ4v) is 1.58. The van der Waals surface area contributed by atoms with E-state index in [1.54, 1.807) is 6.07 Å². The zero-order valence-electron chi connectivity index (χ0n) is 10.3. The van der Waals surface area contributed by atoms with Crippen LogP contribution in [0.5, 0.6) is 0 Å². The van der Waals surface area contributed by atoms with Gasteiger partial charge in [0.1, 0.15) is 11.5 Å². The molecule has 1 aromatic heterocycles. The fraction of sp³-hybridized carbons (Fsp3) is 0.286. The molecule has 0 saturated heterocycles. The SMILES string of the molecule is CC(C)NCc1ccc(-c2ccc(F)c(F)c2)o1. The van der Waals surface area contributed by atoms with E-state index in [4.69, 9.17) is 4.42 Å². The first-order valence-electron chi connectivity index (χ1n) is 5.84. The van der Waals surface area contributed by atoms with E-state index in [0.717, 1.165) is 17.9 Å². The molecule has 1 aromatic carbocycles. The number of hydrogen-bond acceptors (Lipinski definition) is 2. The van der Waals surface area contributed by atoms with Gasteiger partial charge >= 0.3 is 0 Å². The second-order valence-corrected chi connectivity index (χ2v) is 4.43. The molecule has 0 amide bonds. The van der Waals surface area contributed by atoms with Crippen LogP contribution in [0, 0.1) is 11.6 Å². The maximum atomic E-state index is 13.1. The molecular formula is C14H15F2NO. The van der Waals surface area contributed by atoms with Crippen molar-refractivity contribution in [2.24, 2.45) is 0 Å². The van der Waals surface area contributed by atoms with Crippen LogP contribution in [0.15, 0.2) is 34.7 Å². The average molecular weight is 251 g/mol. The van der Waals surface area contributed by atoms with Crippen molar-refractivity contribution >= 4 is 0 Å². The Balaban J connectivity index is 2.16. The number of hydrogen-bond donors (Lipinski definition) is 1. The predicted molar refractivity (Wildman–Crippen MR) is 66.0 cm³/mol. The van der Waals surface area contributed by atoms with Gasteiger partial charge in [0.05, 0.1) is 6.54 Å². The molecule has 0 aliphatic carbocycles. The Labute approximate surface area is 105 Å². The molecule has 2 nitrogen and oxygen atoms in total. The van der Waals surface area contributed by atoms with E-state index in [9.17, 15) is 8.78 Å². The maximum Gasteiger partial charge on any atom is 0.159 e. The van der Waals surface area contributed by atoms with Crippen molar-refractivity contribution in [1.29, 1.82) is 0 Å². The summed E-state index contributed by atoms with van der Waals surface area (Å²) in [6.07, 6.45) is 0. The number of nitrogens with one attached hydrogen (secondary N) is 1. The Morgan fingerprint density at radius 1 is 1.11 bits per heavy atom. The zero-order chi connectivity index (χ0) is 13.1. The van der Waals surface area contributed by atoms with Crippen LogP contribution in [0.3, 0.4) is 0 Å². The Kier molecular flexibility index (Phi) is 3.77. The summed E-state index contributed by atoms with van der Waals surface area (Å²) >= 11 is 0. The highest BCUT2D eigenvalue weighted by Crippen LogP contribution is 2.23. The molecule has 0 spiro atoms. The van der Waals surface area contributed by atoms with Gasteiger partial charge in [-0.25, -0.2) is 8.78 Å². The Morgan fingerprint density at radius 2 is 1.89 bits per heavy atom.